The highest BCUT2D eigenvalue weighted by Crippen LogP contribution is 2.11. The molecular weight excluding hydrogens is 330 g/mol. The molecule has 0 atom stereocenters. The topological polar surface area (TPSA) is 57.8 Å². The number of imidazole rings is 1. The van der Waals surface area contributed by atoms with Gasteiger partial charge in [0.2, 0.25) is 0 Å². The van der Waals surface area contributed by atoms with Crippen molar-refractivity contribution in [1.82, 2.24) is 15.3 Å². The summed E-state index contributed by atoms with van der Waals surface area (Å²) in [6, 6.07) is 15.2. The van der Waals surface area contributed by atoms with Gasteiger partial charge in [-0.3, -0.25) is 4.79 Å². The second-order valence-corrected chi connectivity index (χ2v) is 5.63. The summed E-state index contributed by atoms with van der Waals surface area (Å²) in [6.07, 6.45) is 0.678. The summed E-state index contributed by atoms with van der Waals surface area (Å²) in [5.41, 5.74) is 2.63. The van der Waals surface area contributed by atoms with E-state index in [1.165, 1.54) is 0 Å². The smallest absolute Gasteiger partial charge is 0.251 e. The minimum atomic E-state index is -0.0707. The molecule has 5 heteroatoms. The van der Waals surface area contributed by atoms with Gasteiger partial charge in [0.1, 0.15) is 5.82 Å². The third-order valence-corrected chi connectivity index (χ3v) is 3.72. The second kappa shape index (κ2) is 6.10. The predicted octanol–water partition coefficient (Wildman–Crippen LogP) is 3.30. The van der Waals surface area contributed by atoms with E-state index in [9.17, 15) is 4.79 Å². The van der Waals surface area contributed by atoms with Gasteiger partial charge in [-0.1, -0.05) is 28.1 Å². The number of nitrogens with one attached hydrogen (secondary N) is 2. The Labute approximate surface area is 130 Å². The standard InChI is InChI=1S/C16H14BrN3O/c17-12-7-5-11(6-8-12)16(21)18-10-9-15-19-13-3-1-2-4-14(13)20-15/h1-8H,9-10H2,(H,18,21)(H,19,20). The molecule has 0 fully saturated rings. The van der Waals surface area contributed by atoms with E-state index in [0.717, 1.165) is 21.3 Å². The van der Waals surface area contributed by atoms with Crippen molar-refractivity contribution in [3.8, 4) is 0 Å². The lowest BCUT2D eigenvalue weighted by Gasteiger charge is -2.04. The summed E-state index contributed by atoms with van der Waals surface area (Å²) in [5.74, 6) is 0.811. The largest absolute Gasteiger partial charge is 0.352 e. The Bertz CT molecular complexity index is 732. The number of hydrogen-bond donors (Lipinski definition) is 2. The highest BCUT2D eigenvalue weighted by molar-refractivity contribution is 9.10. The Hall–Kier alpha value is -2.14. The lowest BCUT2D eigenvalue weighted by atomic mass is 10.2. The van der Waals surface area contributed by atoms with Crippen molar-refractivity contribution >= 4 is 32.9 Å². The van der Waals surface area contributed by atoms with Gasteiger partial charge in [-0.25, -0.2) is 4.98 Å². The van der Waals surface area contributed by atoms with E-state index in [0.29, 0.717) is 18.5 Å². The van der Waals surface area contributed by atoms with Crippen molar-refractivity contribution < 1.29 is 4.79 Å². The molecule has 0 aliphatic rings. The van der Waals surface area contributed by atoms with Gasteiger partial charge in [0.15, 0.2) is 0 Å². The zero-order valence-corrected chi connectivity index (χ0v) is 12.9. The van der Waals surface area contributed by atoms with Crippen LogP contribution >= 0.6 is 15.9 Å². The average Bonchev–Trinajstić information content (AvgIpc) is 2.90. The number of nitrogens with zero attached hydrogens (tertiary/aromatic N) is 1. The van der Waals surface area contributed by atoms with Gasteiger partial charge in [-0.05, 0) is 36.4 Å². The number of amides is 1. The van der Waals surface area contributed by atoms with Crippen LogP contribution in [-0.4, -0.2) is 22.4 Å². The number of carbonyl (C=O) groups excluding carboxylic acids is 1. The quantitative estimate of drug-likeness (QED) is 0.763. The minimum Gasteiger partial charge on any atom is -0.352 e. The molecule has 2 N–H and O–H groups in total. The lowest BCUT2D eigenvalue weighted by molar-refractivity contribution is 0.0954. The summed E-state index contributed by atoms with van der Waals surface area (Å²) in [5, 5.41) is 2.90. The first-order valence-electron chi connectivity index (χ1n) is 6.70. The van der Waals surface area contributed by atoms with Crippen LogP contribution in [0.4, 0.5) is 0 Å². The number of aromatic amines is 1. The van der Waals surface area contributed by atoms with E-state index in [1.807, 2.05) is 36.4 Å². The first-order chi connectivity index (χ1) is 10.2. The highest BCUT2D eigenvalue weighted by atomic mass is 79.9. The van der Waals surface area contributed by atoms with Crippen LogP contribution in [0.5, 0.6) is 0 Å². The van der Waals surface area contributed by atoms with E-state index >= 15 is 0 Å². The van der Waals surface area contributed by atoms with E-state index in [2.05, 4.69) is 31.2 Å². The molecule has 3 rings (SSSR count). The first-order valence-corrected chi connectivity index (χ1v) is 7.49. The highest BCUT2D eigenvalue weighted by Gasteiger charge is 2.06. The molecular formula is C16H14BrN3O. The molecule has 1 heterocycles. The number of aromatic nitrogens is 2. The van der Waals surface area contributed by atoms with Gasteiger partial charge < -0.3 is 10.3 Å². The molecule has 0 radical (unpaired) electrons. The molecule has 21 heavy (non-hydrogen) atoms. The van der Waals surface area contributed by atoms with Crippen LogP contribution in [0.3, 0.4) is 0 Å². The zero-order valence-electron chi connectivity index (χ0n) is 11.3. The van der Waals surface area contributed by atoms with E-state index < -0.39 is 0 Å². The van der Waals surface area contributed by atoms with Crippen molar-refractivity contribution in [3.63, 3.8) is 0 Å². The molecule has 106 valence electrons. The fraction of sp³-hybridized carbons (Fsp3) is 0.125. The first kappa shape index (κ1) is 13.8. The molecule has 1 aromatic heterocycles. The SMILES string of the molecule is O=C(NCCc1nc2ccccc2[nH]1)c1ccc(Br)cc1. The van der Waals surface area contributed by atoms with Crippen LogP contribution in [0.2, 0.25) is 0 Å². The van der Waals surface area contributed by atoms with E-state index in [4.69, 9.17) is 0 Å². The molecule has 3 aromatic rings. The molecule has 0 aliphatic carbocycles. The van der Waals surface area contributed by atoms with Crippen molar-refractivity contribution in [2.45, 2.75) is 6.42 Å². The van der Waals surface area contributed by atoms with Crippen LogP contribution in [0.1, 0.15) is 16.2 Å². The number of benzene rings is 2. The summed E-state index contributed by atoms with van der Waals surface area (Å²) >= 11 is 3.35. The molecule has 0 aliphatic heterocycles. The fourth-order valence-corrected chi connectivity index (χ4v) is 2.39. The Morgan fingerprint density at radius 2 is 1.90 bits per heavy atom. The Morgan fingerprint density at radius 1 is 1.14 bits per heavy atom. The summed E-state index contributed by atoms with van der Waals surface area (Å²) < 4.78 is 0.960. The van der Waals surface area contributed by atoms with Gasteiger partial charge in [-0.15, -0.1) is 0 Å². The van der Waals surface area contributed by atoms with Gasteiger partial charge in [0.05, 0.1) is 11.0 Å². The number of fused-ring (bicyclic) bond motifs is 1. The number of H-pyrrole nitrogens is 1. The maximum absolute atomic E-state index is 12.0. The molecule has 0 saturated carbocycles. The lowest BCUT2D eigenvalue weighted by Crippen LogP contribution is -2.25. The van der Waals surface area contributed by atoms with Crippen LogP contribution in [0.25, 0.3) is 11.0 Å². The predicted molar refractivity (Wildman–Crippen MR) is 86.3 cm³/mol. The van der Waals surface area contributed by atoms with Gasteiger partial charge in [0.25, 0.3) is 5.91 Å². The molecule has 0 saturated heterocycles. The minimum absolute atomic E-state index is 0.0707. The number of carbonyl (C=O) groups is 1. The number of rotatable bonds is 4. The average molecular weight is 344 g/mol. The molecule has 0 unspecified atom stereocenters. The summed E-state index contributed by atoms with van der Waals surface area (Å²) in [4.78, 5) is 19.7. The Balaban J connectivity index is 1.58. The number of hydrogen-bond acceptors (Lipinski definition) is 2. The van der Waals surface area contributed by atoms with Crippen molar-refractivity contribution in [1.29, 1.82) is 0 Å². The number of halogens is 1. The maximum Gasteiger partial charge on any atom is 0.251 e. The molecule has 0 bridgehead atoms. The van der Waals surface area contributed by atoms with Crippen LogP contribution < -0.4 is 5.32 Å². The fourth-order valence-electron chi connectivity index (χ4n) is 2.12. The Kier molecular flexibility index (Phi) is 4.01. The van der Waals surface area contributed by atoms with Crippen molar-refractivity contribution in [3.05, 3.63) is 64.4 Å². The monoisotopic (exact) mass is 343 g/mol. The van der Waals surface area contributed by atoms with Crippen LogP contribution in [0, 0.1) is 0 Å². The van der Waals surface area contributed by atoms with Gasteiger partial charge in [0, 0.05) is 23.0 Å². The summed E-state index contributed by atoms with van der Waals surface area (Å²) in [7, 11) is 0. The number of para-hydroxylation sites is 2. The van der Waals surface area contributed by atoms with Crippen molar-refractivity contribution in [2.75, 3.05) is 6.54 Å². The van der Waals surface area contributed by atoms with Crippen LogP contribution in [0.15, 0.2) is 53.0 Å². The van der Waals surface area contributed by atoms with Gasteiger partial charge >= 0.3 is 0 Å². The maximum atomic E-state index is 12.0. The molecule has 1 amide bonds. The Morgan fingerprint density at radius 3 is 2.67 bits per heavy atom. The van der Waals surface area contributed by atoms with E-state index in [-0.39, 0.29) is 5.91 Å². The molecule has 4 nitrogen and oxygen atoms in total. The third-order valence-electron chi connectivity index (χ3n) is 3.19. The molecule has 2 aromatic carbocycles. The van der Waals surface area contributed by atoms with Crippen molar-refractivity contribution in [2.24, 2.45) is 0 Å². The normalized spacial score (nSPS) is 10.7. The zero-order chi connectivity index (χ0) is 14.7. The van der Waals surface area contributed by atoms with Gasteiger partial charge in [-0.2, -0.15) is 0 Å². The molecule has 0 spiro atoms. The van der Waals surface area contributed by atoms with Crippen LogP contribution in [-0.2, 0) is 6.42 Å². The third kappa shape index (κ3) is 3.31. The summed E-state index contributed by atoms with van der Waals surface area (Å²) in [6.45, 7) is 0.550. The van der Waals surface area contributed by atoms with E-state index in [1.54, 1.807) is 12.1 Å². The second-order valence-electron chi connectivity index (χ2n) is 4.71.